The van der Waals surface area contributed by atoms with Gasteiger partial charge in [0.05, 0.1) is 11.3 Å². The SMILES string of the molecule is Nc1c(C(=O)O)cc(Cl)cc1C(=O)c1ccc(Br)cc1. The van der Waals surface area contributed by atoms with Gasteiger partial charge < -0.3 is 10.8 Å². The first-order valence-electron chi connectivity index (χ1n) is 5.52. The van der Waals surface area contributed by atoms with Crippen LogP contribution < -0.4 is 5.73 Å². The van der Waals surface area contributed by atoms with Crippen molar-refractivity contribution in [3.05, 3.63) is 62.6 Å². The van der Waals surface area contributed by atoms with E-state index in [4.69, 9.17) is 22.4 Å². The summed E-state index contributed by atoms with van der Waals surface area (Å²) in [6.07, 6.45) is 0. The van der Waals surface area contributed by atoms with Crippen molar-refractivity contribution in [3.63, 3.8) is 0 Å². The number of anilines is 1. The van der Waals surface area contributed by atoms with Crippen molar-refractivity contribution in [2.75, 3.05) is 5.73 Å². The third-order valence-electron chi connectivity index (χ3n) is 2.73. The third kappa shape index (κ3) is 2.84. The maximum atomic E-state index is 12.4. The highest BCUT2D eigenvalue weighted by Crippen LogP contribution is 2.26. The molecule has 0 unspecified atom stereocenters. The van der Waals surface area contributed by atoms with Gasteiger partial charge in [0.2, 0.25) is 0 Å². The molecule has 0 fully saturated rings. The minimum Gasteiger partial charge on any atom is -0.478 e. The zero-order chi connectivity index (χ0) is 14.9. The Hall–Kier alpha value is -1.85. The van der Waals surface area contributed by atoms with Crippen LogP contribution in [0.25, 0.3) is 0 Å². The minimum atomic E-state index is -1.23. The fourth-order valence-electron chi connectivity index (χ4n) is 1.74. The van der Waals surface area contributed by atoms with Gasteiger partial charge in [0, 0.05) is 20.6 Å². The van der Waals surface area contributed by atoms with Gasteiger partial charge in [-0.1, -0.05) is 27.5 Å². The summed E-state index contributed by atoms with van der Waals surface area (Å²) in [5.74, 6) is -1.60. The lowest BCUT2D eigenvalue weighted by molar-refractivity contribution is 0.0698. The average Bonchev–Trinajstić information content (AvgIpc) is 2.41. The quantitative estimate of drug-likeness (QED) is 0.652. The monoisotopic (exact) mass is 353 g/mol. The maximum absolute atomic E-state index is 12.4. The summed E-state index contributed by atoms with van der Waals surface area (Å²) in [5.41, 5.74) is 5.96. The minimum absolute atomic E-state index is 0.0808. The van der Waals surface area contributed by atoms with Crippen LogP contribution in [0.4, 0.5) is 5.69 Å². The van der Waals surface area contributed by atoms with Crippen LogP contribution in [0, 0.1) is 0 Å². The number of nitrogen functional groups attached to an aromatic ring is 1. The fraction of sp³-hybridized carbons (Fsp3) is 0. The maximum Gasteiger partial charge on any atom is 0.337 e. The Bertz CT molecular complexity index is 698. The van der Waals surface area contributed by atoms with E-state index >= 15 is 0 Å². The molecule has 0 aliphatic carbocycles. The van der Waals surface area contributed by atoms with E-state index in [0.717, 1.165) is 4.47 Å². The van der Waals surface area contributed by atoms with E-state index in [1.165, 1.54) is 12.1 Å². The van der Waals surface area contributed by atoms with Gasteiger partial charge in [-0.2, -0.15) is 0 Å². The van der Waals surface area contributed by atoms with Gasteiger partial charge in [0.25, 0.3) is 0 Å². The highest BCUT2D eigenvalue weighted by atomic mass is 79.9. The number of halogens is 2. The molecule has 0 radical (unpaired) electrons. The van der Waals surface area contributed by atoms with Crippen LogP contribution in [-0.2, 0) is 0 Å². The number of nitrogens with two attached hydrogens (primary N) is 1. The van der Waals surface area contributed by atoms with E-state index in [1.54, 1.807) is 24.3 Å². The Balaban J connectivity index is 2.55. The second-order valence-corrected chi connectivity index (χ2v) is 5.41. The van der Waals surface area contributed by atoms with E-state index < -0.39 is 5.97 Å². The zero-order valence-electron chi connectivity index (χ0n) is 10.1. The number of hydrogen-bond acceptors (Lipinski definition) is 3. The molecule has 0 aliphatic heterocycles. The van der Waals surface area contributed by atoms with Gasteiger partial charge in [-0.15, -0.1) is 0 Å². The first-order chi connectivity index (χ1) is 9.40. The lowest BCUT2D eigenvalue weighted by Crippen LogP contribution is -2.10. The predicted octanol–water partition coefficient (Wildman–Crippen LogP) is 3.61. The molecule has 0 atom stereocenters. The second kappa shape index (κ2) is 5.64. The summed E-state index contributed by atoms with van der Waals surface area (Å²) in [5, 5.41) is 9.20. The lowest BCUT2D eigenvalue weighted by atomic mass is 9.99. The molecule has 2 aromatic carbocycles. The normalized spacial score (nSPS) is 10.3. The van der Waals surface area contributed by atoms with Gasteiger partial charge in [-0.05, 0) is 36.4 Å². The van der Waals surface area contributed by atoms with E-state index in [0.29, 0.717) is 5.56 Å². The van der Waals surface area contributed by atoms with Crippen LogP contribution in [-0.4, -0.2) is 16.9 Å². The summed E-state index contributed by atoms with van der Waals surface area (Å²) in [6, 6.07) is 9.25. The summed E-state index contributed by atoms with van der Waals surface area (Å²) < 4.78 is 0.833. The number of carbonyl (C=O) groups excluding carboxylic acids is 1. The van der Waals surface area contributed by atoms with Crippen molar-refractivity contribution in [3.8, 4) is 0 Å². The van der Waals surface area contributed by atoms with Crippen LogP contribution in [0.2, 0.25) is 5.02 Å². The molecule has 0 heterocycles. The Kier molecular flexibility index (Phi) is 4.11. The largest absolute Gasteiger partial charge is 0.478 e. The highest BCUT2D eigenvalue weighted by molar-refractivity contribution is 9.10. The molecule has 0 aromatic heterocycles. The van der Waals surface area contributed by atoms with Gasteiger partial charge in [0.15, 0.2) is 5.78 Å². The average molecular weight is 355 g/mol. The Morgan fingerprint density at radius 3 is 2.20 bits per heavy atom. The van der Waals surface area contributed by atoms with Crippen molar-refractivity contribution >= 4 is 45.0 Å². The summed E-state index contributed by atoms with van der Waals surface area (Å²) in [4.78, 5) is 23.4. The topological polar surface area (TPSA) is 80.4 Å². The molecule has 0 spiro atoms. The first-order valence-corrected chi connectivity index (χ1v) is 6.70. The number of carboxylic acids is 1. The van der Waals surface area contributed by atoms with E-state index in [1.807, 2.05) is 0 Å². The van der Waals surface area contributed by atoms with Crippen molar-refractivity contribution in [1.29, 1.82) is 0 Å². The van der Waals surface area contributed by atoms with Crippen molar-refractivity contribution in [2.45, 2.75) is 0 Å². The van der Waals surface area contributed by atoms with Crippen LogP contribution in [0.5, 0.6) is 0 Å². The zero-order valence-corrected chi connectivity index (χ0v) is 12.4. The molecule has 20 heavy (non-hydrogen) atoms. The molecular weight excluding hydrogens is 346 g/mol. The predicted molar refractivity (Wildman–Crippen MR) is 80.4 cm³/mol. The molecule has 2 aromatic rings. The Labute approximate surface area is 128 Å². The van der Waals surface area contributed by atoms with Crippen molar-refractivity contribution in [1.82, 2.24) is 0 Å². The van der Waals surface area contributed by atoms with Gasteiger partial charge in [-0.25, -0.2) is 4.79 Å². The number of rotatable bonds is 3. The standard InChI is InChI=1S/C14H9BrClNO3/c15-8-3-1-7(2-4-8)13(18)10-5-9(16)6-11(12(10)17)14(19)20/h1-6H,17H2,(H,19,20). The first kappa shape index (κ1) is 14.6. The summed E-state index contributed by atoms with van der Waals surface area (Å²) >= 11 is 9.12. The Morgan fingerprint density at radius 2 is 1.65 bits per heavy atom. The highest BCUT2D eigenvalue weighted by Gasteiger charge is 2.19. The van der Waals surface area contributed by atoms with E-state index in [9.17, 15) is 9.59 Å². The van der Waals surface area contributed by atoms with Gasteiger partial charge >= 0.3 is 5.97 Å². The van der Waals surface area contributed by atoms with Crippen LogP contribution in [0.15, 0.2) is 40.9 Å². The van der Waals surface area contributed by atoms with Crippen molar-refractivity contribution in [2.24, 2.45) is 0 Å². The molecule has 0 amide bonds. The Morgan fingerprint density at radius 1 is 1.10 bits per heavy atom. The molecule has 102 valence electrons. The van der Waals surface area contributed by atoms with Crippen LogP contribution in [0.3, 0.4) is 0 Å². The molecule has 6 heteroatoms. The second-order valence-electron chi connectivity index (χ2n) is 4.06. The molecular formula is C14H9BrClNO3. The van der Waals surface area contributed by atoms with Crippen molar-refractivity contribution < 1.29 is 14.7 Å². The summed E-state index contributed by atoms with van der Waals surface area (Å²) in [6.45, 7) is 0. The molecule has 0 saturated heterocycles. The van der Waals surface area contributed by atoms with Crippen LogP contribution in [0.1, 0.15) is 26.3 Å². The number of carboxylic acid groups (broad SMARTS) is 1. The third-order valence-corrected chi connectivity index (χ3v) is 3.47. The number of aromatic carboxylic acids is 1. The lowest BCUT2D eigenvalue weighted by Gasteiger charge is -2.09. The summed E-state index contributed by atoms with van der Waals surface area (Å²) in [7, 11) is 0. The fourth-order valence-corrected chi connectivity index (χ4v) is 2.22. The molecule has 3 N–H and O–H groups in total. The van der Waals surface area contributed by atoms with Gasteiger partial charge in [0.1, 0.15) is 0 Å². The van der Waals surface area contributed by atoms with E-state index in [-0.39, 0.29) is 27.6 Å². The van der Waals surface area contributed by atoms with Crippen LogP contribution >= 0.6 is 27.5 Å². The number of benzene rings is 2. The molecule has 4 nitrogen and oxygen atoms in total. The number of hydrogen-bond donors (Lipinski definition) is 2. The molecule has 0 bridgehead atoms. The van der Waals surface area contributed by atoms with E-state index in [2.05, 4.69) is 15.9 Å². The van der Waals surface area contributed by atoms with Gasteiger partial charge in [-0.3, -0.25) is 4.79 Å². The smallest absolute Gasteiger partial charge is 0.337 e. The molecule has 0 aliphatic rings. The molecule has 0 saturated carbocycles. The molecule has 2 rings (SSSR count). The number of ketones is 1. The number of carbonyl (C=O) groups is 2.